The van der Waals surface area contributed by atoms with Crippen LogP contribution < -0.4 is 10.6 Å². The predicted octanol–water partition coefficient (Wildman–Crippen LogP) is 2.38. The highest BCUT2D eigenvalue weighted by Gasteiger charge is 2.26. The number of nitrogens with one attached hydrogen (secondary N) is 2. The van der Waals surface area contributed by atoms with E-state index in [1.54, 1.807) is 6.20 Å². The van der Waals surface area contributed by atoms with Crippen molar-refractivity contribution in [1.29, 1.82) is 0 Å². The van der Waals surface area contributed by atoms with E-state index in [0.29, 0.717) is 0 Å². The molecule has 1 aromatic carbocycles. The molecule has 2 amide bonds. The first-order valence-corrected chi connectivity index (χ1v) is 8.36. The maximum atomic E-state index is 12.5. The van der Waals surface area contributed by atoms with E-state index in [2.05, 4.69) is 15.6 Å². The zero-order valence-corrected chi connectivity index (χ0v) is 14.1. The number of rotatable bonds is 5. The van der Waals surface area contributed by atoms with Gasteiger partial charge in [0.15, 0.2) is 0 Å². The van der Waals surface area contributed by atoms with E-state index in [1.807, 2.05) is 55.1 Å². The number of aromatic nitrogens is 2. The van der Waals surface area contributed by atoms with Gasteiger partial charge in [-0.3, -0.25) is 0 Å². The standard InChI is InChI=1S/C18H24N4O2/c1-13(15-9-6-12-24-15)20-18(23)21-16(14-7-4-3-5-8-14)17-19-10-11-22(17)2/h3-5,7-8,10-11,13,15-16H,6,9,12H2,1-2H3,(H2,20,21,23)/t13-,15-,16-/m0/s1. The number of carbonyl (C=O) groups excluding carboxylic acids is 1. The van der Waals surface area contributed by atoms with Crippen LogP contribution in [-0.2, 0) is 11.8 Å². The molecule has 0 radical (unpaired) electrons. The van der Waals surface area contributed by atoms with Crippen LogP contribution >= 0.6 is 0 Å². The third kappa shape index (κ3) is 3.76. The summed E-state index contributed by atoms with van der Waals surface area (Å²) in [4.78, 5) is 16.9. The largest absolute Gasteiger partial charge is 0.376 e. The molecule has 0 unspecified atom stereocenters. The highest BCUT2D eigenvalue weighted by Crippen LogP contribution is 2.20. The van der Waals surface area contributed by atoms with Crippen LogP contribution in [0.2, 0.25) is 0 Å². The molecule has 24 heavy (non-hydrogen) atoms. The Morgan fingerprint density at radius 1 is 1.33 bits per heavy atom. The molecule has 1 aliphatic heterocycles. The SMILES string of the molecule is C[C@H](NC(=O)N[C@@H](c1ccccc1)c1nccn1C)[C@@H]1CCCO1. The van der Waals surface area contributed by atoms with Crippen LogP contribution in [0.1, 0.15) is 37.2 Å². The van der Waals surface area contributed by atoms with Crippen molar-refractivity contribution in [3.8, 4) is 0 Å². The molecule has 2 heterocycles. The summed E-state index contributed by atoms with van der Waals surface area (Å²) in [6.07, 6.45) is 5.75. The van der Waals surface area contributed by atoms with Crippen molar-refractivity contribution in [2.24, 2.45) is 7.05 Å². The number of ether oxygens (including phenoxy) is 1. The highest BCUT2D eigenvalue weighted by atomic mass is 16.5. The Balaban J connectivity index is 1.72. The summed E-state index contributed by atoms with van der Waals surface area (Å²) in [7, 11) is 1.92. The molecule has 1 fully saturated rings. The van der Waals surface area contributed by atoms with E-state index in [4.69, 9.17) is 4.74 Å². The quantitative estimate of drug-likeness (QED) is 0.885. The topological polar surface area (TPSA) is 68.2 Å². The molecule has 2 aromatic rings. The van der Waals surface area contributed by atoms with Gasteiger partial charge >= 0.3 is 6.03 Å². The van der Waals surface area contributed by atoms with Gasteiger partial charge in [0, 0.05) is 26.0 Å². The zero-order chi connectivity index (χ0) is 16.9. The van der Waals surface area contributed by atoms with Crippen LogP contribution in [0.25, 0.3) is 0 Å². The number of imidazole rings is 1. The number of carbonyl (C=O) groups is 1. The van der Waals surface area contributed by atoms with Gasteiger partial charge in [-0.2, -0.15) is 0 Å². The van der Waals surface area contributed by atoms with Crippen molar-refractivity contribution < 1.29 is 9.53 Å². The summed E-state index contributed by atoms with van der Waals surface area (Å²) in [5.74, 6) is 0.793. The minimum atomic E-state index is -0.303. The summed E-state index contributed by atoms with van der Waals surface area (Å²) in [5.41, 5.74) is 0.992. The number of hydrogen-bond acceptors (Lipinski definition) is 3. The average molecular weight is 328 g/mol. The Morgan fingerprint density at radius 3 is 2.75 bits per heavy atom. The molecule has 1 aliphatic rings. The monoisotopic (exact) mass is 328 g/mol. The normalized spacial score (nSPS) is 19.7. The molecule has 6 nitrogen and oxygen atoms in total. The first-order chi connectivity index (χ1) is 11.6. The second kappa shape index (κ2) is 7.49. The lowest BCUT2D eigenvalue weighted by molar-refractivity contribution is 0.0859. The number of nitrogens with zero attached hydrogens (tertiary/aromatic N) is 2. The van der Waals surface area contributed by atoms with Crippen molar-refractivity contribution in [3.05, 3.63) is 54.1 Å². The van der Waals surface area contributed by atoms with Crippen LogP contribution in [0.4, 0.5) is 4.79 Å². The van der Waals surface area contributed by atoms with E-state index in [-0.39, 0.29) is 24.2 Å². The maximum absolute atomic E-state index is 12.5. The lowest BCUT2D eigenvalue weighted by Crippen LogP contribution is -2.47. The number of benzene rings is 1. The minimum Gasteiger partial charge on any atom is -0.376 e. The van der Waals surface area contributed by atoms with Crippen molar-refractivity contribution in [2.45, 2.75) is 38.0 Å². The third-order valence-corrected chi connectivity index (χ3v) is 4.41. The molecule has 3 atom stereocenters. The Kier molecular flexibility index (Phi) is 5.15. The Labute approximate surface area is 142 Å². The molecule has 1 saturated heterocycles. The summed E-state index contributed by atoms with van der Waals surface area (Å²) in [6, 6.07) is 9.31. The fraction of sp³-hybridized carbons (Fsp3) is 0.444. The zero-order valence-electron chi connectivity index (χ0n) is 14.1. The second-order valence-electron chi connectivity index (χ2n) is 6.20. The van der Waals surface area contributed by atoms with Gasteiger partial charge in [-0.15, -0.1) is 0 Å². The Hall–Kier alpha value is -2.34. The van der Waals surface area contributed by atoms with Gasteiger partial charge in [-0.05, 0) is 25.3 Å². The molecular formula is C18H24N4O2. The highest BCUT2D eigenvalue weighted by molar-refractivity contribution is 5.75. The van der Waals surface area contributed by atoms with Gasteiger partial charge in [0.05, 0.1) is 12.1 Å². The first-order valence-electron chi connectivity index (χ1n) is 8.36. The molecule has 0 saturated carbocycles. The van der Waals surface area contributed by atoms with Crippen molar-refractivity contribution >= 4 is 6.03 Å². The molecular weight excluding hydrogens is 304 g/mol. The molecule has 6 heteroatoms. The van der Waals surface area contributed by atoms with Gasteiger partial charge in [0.25, 0.3) is 0 Å². The maximum Gasteiger partial charge on any atom is 0.315 e. The lowest BCUT2D eigenvalue weighted by atomic mass is 10.1. The van der Waals surface area contributed by atoms with Gasteiger partial charge in [-0.1, -0.05) is 30.3 Å². The fourth-order valence-electron chi connectivity index (χ4n) is 3.07. The molecule has 0 spiro atoms. The lowest BCUT2D eigenvalue weighted by Gasteiger charge is -2.23. The smallest absolute Gasteiger partial charge is 0.315 e. The molecule has 0 bridgehead atoms. The van der Waals surface area contributed by atoms with Crippen LogP contribution in [0.5, 0.6) is 0 Å². The molecule has 0 aliphatic carbocycles. The summed E-state index contributed by atoms with van der Waals surface area (Å²) >= 11 is 0. The van der Waals surface area contributed by atoms with Crippen molar-refractivity contribution in [2.75, 3.05) is 6.61 Å². The molecule has 1 aromatic heterocycles. The minimum absolute atomic E-state index is 0.0229. The molecule has 3 rings (SSSR count). The molecule has 2 N–H and O–H groups in total. The number of aryl methyl sites for hydroxylation is 1. The van der Waals surface area contributed by atoms with E-state index in [1.165, 1.54) is 0 Å². The van der Waals surface area contributed by atoms with Crippen molar-refractivity contribution in [3.63, 3.8) is 0 Å². The van der Waals surface area contributed by atoms with E-state index in [0.717, 1.165) is 30.8 Å². The van der Waals surface area contributed by atoms with Crippen LogP contribution in [0, 0.1) is 0 Å². The van der Waals surface area contributed by atoms with E-state index >= 15 is 0 Å². The fourth-order valence-corrected chi connectivity index (χ4v) is 3.07. The number of urea groups is 1. The summed E-state index contributed by atoms with van der Waals surface area (Å²) < 4.78 is 7.56. The Bertz CT molecular complexity index is 665. The van der Waals surface area contributed by atoms with Crippen LogP contribution in [0.15, 0.2) is 42.7 Å². The van der Waals surface area contributed by atoms with Gasteiger partial charge in [-0.25, -0.2) is 9.78 Å². The number of hydrogen-bond donors (Lipinski definition) is 2. The third-order valence-electron chi connectivity index (χ3n) is 4.41. The van der Waals surface area contributed by atoms with Gasteiger partial charge in [0.2, 0.25) is 0 Å². The van der Waals surface area contributed by atoms with Gasteiger partial charge in [0.1, 0.15) is 11.9 Å². The van der Waals surface area contributed by atoms with Crippen LogP contribution in [0.3, 0.4) is 0 Å². The molecule has 128 valence electrons. The summed E-state index contributed by atoms with van der Waals surface area (Å²) in [5, 5.41) is 6.03. The van der Waals surface area contributed by atoms with Crippen molar-refractivity contribution in [1.82, 2.24) is 20.2 Å². The Morgan fingerprint density at radius 2 is 2.12 bits per heavy atom. The first kappa shape index (κ1) is 16.5. The average Bonchev–Trinajstić information content (AvgIpc) is 3.25. The van der Waals surface area contributed by atoms with Crippen LogP contribution in [-0.4, -0.2) is 34.3 Å². The second-order valence-corrected chi connectivity index (χ2v) is 6.20. The van der Waals surface area contributed by atoms with Gasteiger partial charge < -0.3 is 19.9 Å². The van der Waals surface area contributed by atoms with E-state index < -0.39 is 0 Å². The predicted molar refractivity (Wildman–Crippen MR) is 91.6 cm³/mol. The van der Waals surface area contributed by atoms with E-state index in [9.17, 15) is 4.79 Å². The summed E-state index contributed by atoms with van der Waals surface area (Å²) in [6.45, 7) is 2.76. The number of amides is 2.